The Morgan fingerprint density at radius 1 is 0.475 bits per heavy atom. The summed E-state index contributed by atoms with van der Waals surface area (Å²) in [5.41, 5.74) is 0. The van der Waals surface area contributed by atoms with Crippen molar-refractivity contribution in [3.63, 3.8) is 0 Å². The van der Waals surface area contributed by atoms with E-state index in [0.29, 0.717) is 34.9 Å². The molecule has 0 fully saturated rings. The van der Waals surface area contributed by atoms with E-state index in [1.807, 2.05) is 42.3 Å². The Morgan fingerprint density at radius 3 is 1.07 bits per heavy atom. The number of aliphatic carboxylic acids is 2. The van der Waals surface area contributed by atoms with Crippen molar-refractivity contribution >= 4 is 17.9 Å². The molecule has 0 aromatic rings. The Bertz CT molecular complexity index is 962. The number of carboxylic acids is 2. The van der Waals surface area contributed by atoms with Crippen LogP contribution in [0, 0.1) is 5.92 Å². The van der Waals surface area contributed by atoms with Crippen molar-refractivity contribution < 1.29 is 43.4 Å². The standard InChI is InChI=1S/C25H49NO4.C25H51NO3/c1-5-6-7-8-9-10-11-12-13-14-15-16-17-18-19-20-25(29)30-23(21-24(27)28)22-26(2,3)4;1-5-6-7-8-9-10-11-12-13-14-15-16-17-18-19-20-21-23(25(28)29)24(27)22-26(2,3)4/h23H,5-22H2,1-4H3;23-24,27H,5-22H2,1-4H3. The van der Waals surface area contributed by atoms with Crippen molar-refractivity contribution in [2.24, 2.45) is 5.92 Å². The van der Waals surface area contributed by atoms with E-state index in [4.69, 9.17) is 4.74 Å². The first-order valence-corrected chi connectivity index (χ1v) is 24.9. The molecule has 1 N–H and O–H groups in total. The second-order valence-electron chi connectivity index (χ2n) is 19.9. The van der Waals surface area contributed by atoms with Gasteiger partial charge in [-0.15, -0.1) is 0 Å². The molecule has 0 rings (SSSR count). The fourth-order valence-electron chi connectivity index (χ4n) is 7.89. The second kappa shape index (κ2) is 40.4. The number of ether oxygens (including phenoxy) is 1. The zero-order valence-corrected chi connectivity index (χ0v) is 40.5. The van der Waals surface area contributed by atoms with E-state index in [1.165, 1.54) is 167 Å². The summed E-state index contributed by atoms with van der Waals surface area (Å²) in [5, 5.41) is 32.4. The van der Waals surface area contributed by atoms with Crippen LogP contribution < -0.4 is 10.2 Å². The highest BCUT2D eigenvalue weighted by Gasteiger charge is 2.26. The van der Waals surface area contributed by atoms with Gasteiger partial charge < -0.3 is 38.6 Å². The highest BCUT2D eigenvalue weighted by molar-refractivity contribution is 5.71. The topological polar surface area (TPSA) is 127 Å². The van der Waals surface area contributed by atoms with Gasteiger partial charge in [0.15, 0.2) is 6.10 Å². The van der Waals surface area contributed by atoms with E-state index >= 15 is 0 Å². The molecule has 3 atom stereocenters. The monoisotopic (exact) mass is 841 g/mol. The van der Waals surface area contributed by atoms with Gasteiger partial charge in [0.2, 0.25) is 0 Å². The molecule has 0 radical (unpaired) electrons. The molecule has 0 aliphatic carbocycles. The molecule has 0 bridgehead atoms. The van der Waals surface area contributed by atoms with Crippen LogP contribution in [0.2, 0.25) is 0 Å². The minimum absolute atomic E-state index is 0.236. The molecule has 9 heteroatoms. The van der Waals surface area contributed by atoms with Crippen LogP contribution in [0.1, 0.15) is 232 Å². The number of carbonyl (C=O) groups is 3. The van der Waals surface area contributed by atoms with Crippen molar-refractivity contribution in [1.29, 1.82) is 0 Å². The summed E-state index contributed by atoms with van der Waals surface area (Å²) in [6, 6.07) is 0. The van der Waals surface area contributed by atoms with Crippen LogP contribution in [0.5, 0.6) is 0 Å². The predicted molar refractivity (Wildman–Crippen MR) is 244 cm³/mol. The quantitative estimate of drug-likeness (QED) is 0.0368. The molecule has 0 spiro atoms. The second-order valence-corrected chi connectivity index (χ2v) is 19.9. The number of aliphatic hydroxyl groups excluding tert-OH is 1. The van der Waals surface area contributed by atoms with Gasteiger partial charge in [-0.3, -0.25) is 4.79 Å². The maximum absolute atomic E-state index is 12.0. The molecule has 0 saturated heterocycles. The number of carbonyl (C=O) groups excluding carboxylic acids is 3. The molecule has 3 unspecified atom stereocenters. The van der Waals surface area contributed by atoms with Crippen molar-refractivity contribution in [2.45, 2.75) is 244 Å². The van der Waals surface area contributed by atoms with Crippen molar-refractivity contribution in [2.75, 3.05) is 55.4 Å². The lowest BCUT2D eigenvalue weighted by molar-refractivity contribution is -0.874. The van der Waals surface area contributed by atoms with Gasteiger partial charge in [0.25, 0.3) is 0 Å². The summed E-state index contributed by atoms with van der Waals surface area (Å²) >= 11 is 0. The van der Waals surface area contributed by atoms with Gasteiger partial charge in [-0.2, -0.15) is 0 Å². The molecule has 0 saturated carbocycles. The van der Waals surface area contributed by atoms with Crippen LogP contribution in [0.3, 0.4) is 0 Å². The molecule has 59 heavy (non-hydrogen) atoms. The van der Waals surface area contributed by atoms with E-state index in [9.17, 15) is 29.7 Å². The maximum atomic E-state index is 12.0. The molecule has 0 heterocycles. The van der Waals surface area contributed by atoms with Gasteiger partial charge in [0, 0.05) is 30.7 Å². The molecule has 0 aliphatic heterocycles. The smallest absolute Gasteiger partial charge is 0.306 e. The Balaban J connectivity index is 0. The van der Waals surface area contributed by atoms with Crippen LogP contribution >= 0.6 is 0 Å². The number of carboxylic acid groups (broad SMARTS) is 2. The number of rotatable bonds is 42. The number of esters is 1. The Labute approximate surface area is 366 Å². The normalized spacial score (nSPS) is 13.4. The molecule has 9 nitrogen and oxygen atoms in total. The van der Waals surface area contributed by atoms with E-state index in [-0.39, 0.29) is 12.4 Å². The number of hydrogen-bond acceptors (Lipinski definition) is 7. The van der Waals surface area contributed by atoms with Gasteiger partial charge in [-0.1, -0.05) is 206 Å². The van der Waals surface area contributed by atoms with Crippen LogP contribution in [-0.2, 0) is 19.1 Å². The van der Waals surface area contributed by atoms with Gasteiger partial charge >= 0.3 is 5.97 Å². The molecular weight excluding hydrogens is 741 g/mol. The van der Waals surface area contributed by atoms with E-state index < -0.39 is 30.1 Å². The first-order valence-electron chi connectivity index (χ1n) is 24.9. The fourth-order valence-corrected chi connectivity index (χ4v) is 7.89. The Kier molecular flexibility index (Phi) is 40.6. The molecular formula is C50H100N2O7. The third-order valence-corrected chi connectivity index (χ3v) is 11.3. The lowest BCUT2D eigenvalue weighted by Gasteiger charge is -2.31. The van der Waals surface area contributed by atoms with E-state index in [0.717, 1.165) is 32.1 Å². The number of quaternary nitrogens is 2. The van der Waals surface area contributed by atoms with Gasteiger partial charge in [-0.25, -0.2) is 0 Å². The van der Waals surface area contributed by atoms with Crippen molar-refractivity contribution in [1.82, 2.24) is 0 Å². The number of unbranched alkanes of at least 4 members (excludes halogenated alkanes) is 29. The van der Waals surface area contributed by atoms with Gasteiger partial charge in [0.1, 0.15) is 19.2 Å². The highest BCUT2D eigenvalue weighted by atomic mass is 16.5. The molecule has 352 valence electrons. The summed E-state index contributed by atoms with van der Waals surface area (Å²) in [7, 11) is 11.7. The van der Waals surface area contributed by atoms with Gasteiger partial charge in [0.05, 0.1) is 42.3 Å². The van der Waals surface area contributed by atoms with E-state index in [2.05, 4.69) is 13.8 Å². The SMILES string of the molecule is CCCCCCCCCCCCCCCCCC(=O)OC(CC(=O)[O-])C[N+](C)(C)C.CCCCCCCCCCCCCCCCCCC(C(=O)[O-])C(O)C[N+](C)(C)C. The largest absolute Gasteiger partial charge is 0.550 e. The summed E-state index contributed by atoms with van der Waals surface area (Å²) in [6.07, 6.45) is 39.5. The minimum atomic E-state index is -1.17. The lowest BCUT2D eigenvalue weighted by Crippen LogP contribution is -2.48. The van der Waals surface area contributed by atoms with E-state index in [1.54, 1.807) is 0 Å². The van der Waals surface area contributed by atoms with Crippen LogP contribution in [0.25, 0.3) is 0 Å². The van der Waals surface area contributed by atoms with Crippen molar-refractivity contribution in [3.8, 4) is 0 Å². The summed E-state index contributed by atoms with van der Waals surface area (Å²) < 4.78 is 6.49. The molecule has 0 amide bonds. The Morgan fingerprint density at radius 2 is 0.780 bits per heavy atom. The third-order valence-electron chi connectivity index (χ3n) is 11.3. The average molecular weight is 841 g/mol. The zero-order chi connectivity index (χ0) is 44.6. The maximum Gasteiger partial charge on any atom is 0.306 e. The summed E-state index contributed by atoms with van der Waals surface area (Å²) in [4.78, 5) is 34.2. The summed E-state index contributed by atoms with van der Waals surface area (Å²) in [5.74, 6) is -3.30. The number of aliphatic hydroxyl groups is 1. The lowest BCUT2D eigenvalue weighted by atomic mass is 9.94. The van der Waals surface area contributed by atoms with Crippen LogP contribution in [0.15, 0.2) is 0 Å². The average Bonchev–Trinajstić information content (AvgIpc) is 3.13. The number of hydrogen-bond donors (Lipinski definition) is 1. The van der Waals surface area contributed by atoms with Crippen molar-refractivity contribution in [3.05, 3.63) is 0 Å². The van der Waals surface area contributed by atoms with Crippen LogP contribution in [-0.4, -0.2) is 99.6 Å². The molecule has 0 aromatic carbocycles. The Hall–Kier alpha value is -1.71. The first kappa shape index (κ1) is 59.4. The number of nitrogens with zero attached hydrogens (tertiary/aromatic N) is 2. The summed E-state index contributed by atoms with van der Waals surface area (Å²) in [6.45, 7) is 5.45. The first-order chi connectivity index (χ1) is 28.0. The zero-order valence-electron chi connectivity index (χ0n) is 40.5. The fraction of sp³-hybridized carbons (Fsp3) is 0.940. The third kappa shape index (κ3) is 47.2. The molecule has 0 aromatic heterocycles. The molecule has 0 aliphatic rings. The highest BCUT2D eigenvalue weighted by Crippen LogP contribution is 2.19. The number of likely N-dealkylation sites (N-methyl/N-ethyl adjacent to an activating group) is 2. The van der Waals surface area contributed by atoms with Gasteiger partial charge in [-0.05, 0) is 12.8 Å². The van der Waals surface area contributed by atoms with Crippen LogP contribution in [0.4, 0.5) is 0 Å². The minimum Gasteiger partial charge on any atom is -0.550 e. The predicted octanol–water partition coefficient (Wildman–Crippen LogP) is 10.1.